The normalized spacial score (nSPS) is 17.4. The molecule has 168 valence electrons. The van der Waals surface area contributed by atoms with Crippen LogP contribution in [0.2, 0.25) is 0 Å². The van der Waals surface area contributed by atoms with E-state index >= 15 is 0 Å². The first-order valence-electron chi connectivity index (χ1n) is 11.6. The van der Waals surface area contributed by atoms with Crippen molar-refractivity contribution in [3.05, 3.63) is 89.5 Å². The van der Waals surface area contributed by atoms with Gasteiger partial charge < -0.3 is 15.4 Å². The number of nitrogens with one attached hydrogen (secondary N) is 2. The summed E-state index contributed by atoms with van der Waals surface area (Å²) in [6.07, 6.45) is 4.91. The number of hydrogen-bond acceptors (Lipinski definition) is 3. The van der Waals surface area contributed by atoms with Crippen molar-refractivity contribution in [2.75, 3.05) is 30.3 Å². The summed E-state index contributed by atoms with van der Waals surface area (Å²) < 4.78 is 5.80. The minimum atomic E-state index is -0.265. The summed E-state index contributed by atoms with van der Waals surface area (Å²) in [5.74, 6) is 1.93. The minimum Gasteiger partial charge on any atom is -0.457 e. The Balaban J connectivity index is 1.19. The highest BCUT2D eigenvalue weighted by molar-refractivity contribution is 6.00. The van der Waals surface area contributed by atoms with E-state index in [1.165, 1.54) is 42.6 Å². The van der Waals surface area contributed by atoms with Gasteiger partial charge in [0.25, 0.3) is 0 Å². The molecule has 2 aliphatic rings. The molecule has 3 aromatic carbocycles. The monoisotopic (exact) mass is 439 g/mol. The molecule has 2 amide bonds. The van der Waals surface area contributed by atoms with Crippen LogP contribution >= 0.6 is 0 Å². The molecule has 33 heavy (non-hydrogen) atoms. The maximum Gasteiger partial charge on any atom is 0.323 e. The Morgan fingerprint density at radius 1 is 0.909 bits per heavy atom. The molecule has 1 heterocycles. The number of nitrogens with zero attached hydrogens (tertiary/aromatic N) is 1. The molecule has 1 aliphatic carbocycles. The molecule has 5 rings (SSSR count). The number of para-hydroxylation sites is 1. The largest absolute Gasteiger partial charge is 0.457 e. The van der Waals surface area contributed by atoms with Crippen LogP contribution in [0.3, 0.4) is 0 Å². The van der Waals surface area contributed by atoms with Gasteiger partial charge in [-0.05, 0) is 91.2 Å². The molecule has 0 bridgehead atoms. The molecule has 5 nitrogen and oxygen atoms in total. The van der Waals surface area contributed by atoms with Gasteiger partial charge in [-0.3, -0.25) is 4.90 Å². The number of likely N-dealkylation sites (tertiary alicyclic amines) is 1. The molecule has 1 aliphatic heterocycles. The number of ether oxygens (including phenoxy) is 1. The van der Waals surface area contributed by atoms with Gasteiger partial charge in [0.1, 0.15) is 11.5 Å². The van der Waals surface area contributed by atoms with Crippen LogP contribution in [0.1, 0.15) is 36.8 Å². The van der Waals surface area contributed by atoms with Crippen LogP contribution in [-0.2, 0) is 0 Å². The zero-order chi connectivity index (χ0) is 22.6. The third-order valence-corrected chi connectivity index (χ3v) is 6.40. The molecule has 0 saturated carbocycles. The number of anilines is 2. The number of carbonyl (C=O) groups is 1. The molecule has 0 radical (unpaired) electrons. The Morgan fingerprint density at radius 3 is 2.33 bits per heavy atom. The molecule has 3 aromatic rings. The van der Waals surface area contributed by atoms with Gasteiger partial charge in [0, 0.05) is 23.8 Å². The fourth-order valence-electron chi connectivity index (χ4n) is 4.60. The molecule has 2 N–H and O–H groups in total. The van der Waals surface area contributed by atoms with Crippen molar-refractivity contribution in [1.82, 2.24) is 4.90 Å². The van der Waals surface area contributed by atoms with E-state index in [-0.39, 0.29) is 6.03 Å². The lowest BCUT2D eigenvalue weighted by atomic mass is 9.97. The van der Waals surface area contributed by atoms with E-state index in [0.29, 0.717) is 11.6 Å². The molecule has 0 aromatic heterocycles. The minimum absolute atomic E-state index is 0.265. The van der Waals surface area contributed by atoms with Crippen LogP contribution in [-0.4, -0.2) is 30.6 Å². The molecular formula is C28H29N3O2. The molecule has 5 heteroatoms. The standard InChI is InChI=1S/C28H29N3O2/c1-20-22(19-31-15-5-6-16-31)17-21-18-24(11-14-27(20)21)30-28(32)29-23-9-12-26(13-10-23)33-25-7-3-2-4-8-25/h2-4,7-14,17-18,20H,5-6,15-16,19H2,1H3,(H2,29,30,32). The number of urea groups is 1. The summed E-state index contributed by atoms with van der Waals surface area (Å²) in [4.78, 5) is 15.1. The summed E-state index contributed by atoms with van der Waals surface area (Å²) in [7, 11) is 0. The zero-order valence-electron chi connectivity index (χ0n) is 18.9. The second-order valence-corrected chi connectivity index (χ2v) is 8.79. The van der Waals surface area contributed by atoms with E-state index in [4.69, 9.17) is 4.74 Å². The topological polar surface area (TPSA) is 53.6 Å². The molecule has 1 saturated heterocycles. The Bertz CT molecular complexity index is 1150. The zero-order valence-corrected chi connectivity index (χ0v) is 18.9. The van der Waals surface area contributed by atoms with Crippen molar-refractivity contribution >= 4 is 23.5 Å². The van der Waals surface area contributed by atoms with Gasteiger partial charge in [0.2, 0.25) is 0 Å². The van der Waals surface area contributed by atoms with Crippen LogP contribution in [0, 0.1) is 0 Å². The van der Waals surface area contributed by atoms with E-state index in [9.17, 15) is 4.79 Å². The molecule has 0 spiro atoms. The third-order valence-electron chi connectivity index (χ3n) is 6.40. The highest BCUT2D eigenvalue weighted by atomic mass is 16.5. The van der Waals surface area contributed by atoms with Crippen molar-refractivity contribution in [3.63, 3.8) is 0 Å². The Labute approximate surface area is 195 Å². The number of amides is 2. The van der Waals surface area contributed by atoms with Gasteiger partial charge in [0.15, 0.2) is 0 Å². The molecule has 1 fully saturated rings. The average Bonchev–Trinajstić information content (AvgIpc) is 3.44. The van der Waals surface area contributed by atoms with Crippen molar-refractivity contribution in [2.45, 2.75) is 25.7 Å². The molecule has 1 atom stereocenters. The van der Waals surface area contributed by atoms with Gasteiger partial charge in [-0.25, -0.2) is 4.79 Å². The summed E-state index contributed by atoms with van der Waals surface area (Å²) in [5.41, 5.74) is 5.50. The van der Waals surface area contributed by atoms with Crippen molar-refractivity contribution in [2.24, 2.45) is 0 Å². The first kappa shape index (κ1) is 21.3. The van der Waals surface area contributed by atoms with E-state index < -0.39 is 0 Å². The van der Waals surface area contributed by atoms with E-state index in [1.54, 1.807) is 0 Å². The van der Waals surface area contributed by atoms with Gasteiger partial charge in [-0.1, -0.05) is 37.3 Å². The number of fused-ring (bicyclic) bond motifs is 1. The summed E-state index contributed by atoms with van der Waals surface area (Å²) in [6.45, 7) is 5.72. The summed E-state index contributed by atoms with van der Waals surface area (Å²) in [6, 6.07) is 22.9. The quantitative estimate of drug-likeness (QED) is 0.448. The molecular weight excluding hydrogens is 410 g/mol. The van der Waals surface area contributed by atoms with Crippen LogP contribution in [0.25, 0.3) is 6.08 Å². The lowest BCUT2D eigenvalue weighted by Crippen LogP contribution is -2.22. The number of rotatable bonds is 6. The lowest BCUT2D eigenvalue weighted by molar-refractivity contribution is 0.262. The predicted octanol–water partition coefficient (Wildman–Crippen LogP) is 6.72. The van der Waals surface area contributed by atoms with Gasteiger partial charge in [0.05, 0.1) is 0 Å². The summed E-state index contributed by atoms with van der Waals surface area (Å²) in [5, 5.41) is 5.84. The lowest BCUT2D eigenvalue weighted by Gasteiger charge is -2.19. The number of carbonyl (C=O) groups excluding carboxylic acids is 1. The van der Waals surface area contributed by atoms with E-state index in [0.717, 1.165) is 23.7 Å². The maximum absolute atomic E-state index is 12.5. The SMILES string of the molecule is CC1C(CN2CCCC2)=Cc2cc(NC(=O)Nc3ccc(Oc4ccccc4)cc3)ccc21. The smallest absolute Gasteiger partial charge is 0.323 e. The highest BCUT2D eigenvalue weighted by Gasteiger charge is 2.24. The van der Waals surface area contributed by atoms with Gasteiger partial charge >= 0.3 is 6.03 Å². The Morgan fingerprint density at radius 2 is 1.58 bits per heavy atom. The second-order valence-electron chi connectivity index (χ2n) is 8.79. The Kier molecular flexibility index (Phi) is 6.13. The van der Waals surface area contributed by atoms with Gasteiger partial charge in [-0.15, -0.1) is 0 Å². The third kappa shape index (κ3) is 5.10. The fourth-order valence-corrected chi connectivity index (χ4v) is 4.60. The van der Waals surface area contributed by atoms with Crippen molar-refractivity contribution in [3.8, 4) is 11.5 Å². The van der Waals surface area contributed by atoms with E-state index in [2.05, 4.69) is 40.7 Å². The van der Waals surface area contributed by atoms with Crippen LogP contribution in [0.4, 0.5) is 16.2 Å². The average molecular weight is 440 g/mol. The highest BCUT2D eigenvalue weighted by Crippen LogP contribution is 2.38. The molecule has 1 unspecified atom stereocenters. The second kappa shape index (κ2) is 9.51. The first-order valence-corrected chi connectivity index (χ1v) is 11.6. The van der Waals surface area contributed by atoms with Crippen LogP contribution in [0.15, 0.2) is 78.4 Å². The van der Waals surface area contributed by atoms with Crippen LogP contribution < -0.4 is 15.4 Å². The number of hydrogen-bond donors (Lipinski definition) is 2. The Hall–Kier alpha value is -3.57. The van der Waals surface area contributed by atoms with Crippen molar-refractivity contribution in [1.29, 1.82) is 0 Å². The first-order chi connectivity index (χ1) is 16.1. The fraction of sp³-hybridized carbons (Fsp3) is 0.250. The number of benzene rings is 3. The predicted molar refractivity (Wildman–Crippen MR) is 134 cm³/mol. The van der Waals surface area contributed by atoms with E-state index in [1.807, 2.05) is 60.7 Å². The van der Waals surface area contributed by atoms with Crippen LogP contribution in [0.5, 0.6) is 11.5 Å². The van der Waals surface area contributed by atoms with Gasteiger partial charge in [-0.2, -0.15) is 0 Å². The maximum atomic E-state index is 12.5. The van der Waals surface area contributed by atoms with Crippen molar-refractivity contribution < 1.29 is 9.53 Å². The summed E-state index contributed by atoms with van der Waals surface area (Å²) >= 11 is 0.